The fraction of sp³-hybridized carbons (Fsp3) is 0.455. The molecule has 0 spiro atoms. The van der Waals surface area contributed by atoms with Crippen molar-refractivity contribution in [3.63, 3.8) is 0 Å². The smallest absolute Gasteiger partial charge is 0.407 e. The van der Waals surface area contributed by atoms with Crippen molar-refractivity contribution in [2.75, 3.05) is 13.2 Å². The number of alkyl carbamates (subject to hydrolysis) is 1. The van der Waals surface area contributed by atoms with Crippen molar-refractivity contribution >= 4 is 51.5 Å². The minimum absolute atomic E-state index is 0.263. The van der Waals surface area contributed by atoms with Crippen LogP contribution in [-0.2, 0) is 11.8 Å². The molecule has 3 aromatic heterocycles. The van der Waals surface area contributed by atoms with Gasteiger partial charge in [0.1, 0.15) is 12.2 Å². The molecular weight excluding hydrogens is 554 g/mol. The van der Waals surface area contributed by atoms with Gasteiger partial charge in [-0.15, -0.1) is 0 Å². The monoisotopic (exact) mass is 586 g/mol. The van der Waals surface area contributed by atoms with Crippen LogP contribution in [-0.4, -0.2) is 49.2 Å². The van der Waals surface area contributed by atoms with Gasteiger partial charge in [-0.25, -0.2) is 13.9 Å². The van der Waals surface area contributed by atoms with E-state index in [4.69, 9.17) is 9.47 Å². The summed E-state index contributed by atoms with van der Waals surface area (Å²) in [6.07, 6.45) is 3.55. The highest BCUT2D eigenvalue weighted by atomic mass is 127. The van der Waals surface area contributed by atoms with Crippen molar-refractivity contribution in [2.45, 2.75) is 47.1 Å². The minimum atomic E-state index is -0.544. The van der Waals surface area contributed by atoms with Crippen LogP contribution < -0.4 is 10.1 Å². The van der Waals surface area contributed by atoms with Gasteiger partial charge in [0.2, 0.25) is 5.88 Å². The van der Waals surface area contributed by atoms with Crippen LogP contribution in [0.2, 0.25) is 0 Å². The number of aromatic nitrogens is 5. The molecule has 33 heavy (non-hydrogen) atoms. The molecule has 1 unspecified atom stereocenters. The number of carbonyl (C=O) groups excluding carboxylic acids is 1. The Hall–Kier alpha value is -2.20. The lowest BCUT2D eigenvalue weighted by Gasteiger charge is -2.19. The summed E-state index contributed by atoms with van der Waals surface area (Å²) in [5, 5.41) is 12.7. The van der Waals surface area contributed by atoms with E-state index < -0.39 is 11.7 Å². The summed E-state index contributed by atoms with van der Waals surface area (Å²) in [5.41, 5.74) is 3.57. The molecule has 0 aromatic carbocycles. The number of ether oxygens (including phenoxy) is 2. The Morgan fingerprint density at radius 2 is 2.03 bits per heavy atom. The van der Waals surface area contributed by atoms with Crippen LogP contribution in [0.15, 0.2) is 18.8 Å². The second-order valence-electron chi connectivity index (χ2n) is 7.84. The van der Waals surface area contributed by atoms with Crippen molar-refractivity contribution in [1.29, 1.82) is 0 Å². The predicted octanol–water partition coefficient (Wildman–Crippen LogP) is 5.50. The second-order valence-corrected chi connectivity index (χ2v) is 9.88. The largest absolute Gasteiger partial charge is 0.475 e. The van der Waals surface area contributed by atoms with Gasteiger partial charge in [0.05, 0.1) is 47.3 Å². The molecule has 11 heteroatoms. The lowest BCUT2D eigenvalue weighted by Crippen LogP contribution is -2.34. The fourth-order valence-electron chi connectivity index (χ4n) is 3.10. The van der Waals surface area contributed by atoms with Crippen LogP contribution in [0.4, 0.5) is 4.79 Å². The van der Waals surface area contributed by atoms with Crippen LogP contribution >= 0.6 is 28.4 Å². The van der Waals surface area contributed by atoms with Gasteiger partial charge in [0.25, 0.3) is 0 Å². The van der Waals surface area contributed by atoms with E-state index >= 15 is 0 Å². The van der Waals surface area contributed by atoms with E-state index in [1.807, 2.05) is 65.3 Å². The van der Waals surface area contributed by atoms with E-state index in [2.05, 4.69) is 49.1 Å². The Morgan fingerprint density at radius 1 is 1.33 bits per heavy atom. The van der Waals surface area contributed by atoms with Gasteiger partial charge in [-0.2, -0.15) is 10.2 Å². The number of aryl methyl sites for hydroxylation is 2. The summed E-state index contributed by atoms with van der Waals surface area (Å²) in [4.78, 5) is 16.5. The van der Waals surface area contributed by atoms with Crippen molar-refractivity contribution in [2.24, 2.45) is 7.05 Å². The molecule has 9 nitrogen and oxygen atoms in total. The molecule has 3 heterocycles. The standard InChI is InChI=1S/C20H26IN6O3P.C2H6/c1-7-14-13-10-15(23-11-16(13)27(25-14)31-21)17-12(2)24-26(6)18(17)29-9-8-22-19(28)30-20(3,4)5;1-2/h7,10-11,31H,1,8-9H2,2-6H3,(H,22,28);1-2H3. The van der Waals surface area contributed by atoms with E-state index in [1.54, 1.807) is 10.8 Å². The predicted molar refractivity (Wildman–Crippen MR) is 143 cm³/mol. The number of carbonyl (C=O) groups is 1. The summed E-state index contributed by atoms with van der Waals surface area (Å²) in [6.45, 7) is 15.8. The molecule has 1 N–H and O–H groups in total. The first-order valence-electron chi connectivity index (χ1n) is 10.7. The van der Waals surface area contributed by atoms with Crippen LogP contribution in [0.5, 0.6) is 5.88 Å². The first-order valence-corrected chi connectivity index (χ1v) is 14.7. The molecule has 0 fully saturated rings. The topological polar surface area (TPSA) is 96.1 Å². The lowest BCUT2D eigenvalue weighted by atomic mass is 10.1. The van der Waals surface area contributed by atoms with Crippen molar-refractivity contribution < 1.29 is 14.3 Å². The molecule has 1 amide bonds. The molecule has 1 atom stereocenters. The van der Waals surface area contributed by atoms with E-state index in [0.717, 1.165) is 33.5 Å². The third kappa shape index (κ3) is 6.66. The van der Waals surface area contributed by atoms with Gasteiger partial charge in [0, 0.05) is 12.4 Å². The fourth-order valence-corrected chi connectivity index (χ4v) is 4.62. The van der Waals surface area contributed by atoms with Crippen molar-refractivity contribution in [3.8, 4) is 17.1 Å². The summed E-state index contributed by atoms with van der Waals surface area (Å²) < 4.78 is 14.8. The summed E-state index contributed by atoms with van der Waals surface area (Å²) >= 11 is 2.29. The molecule has 0 radical (unpaired) electrons. The molecule has 0 aliphatic carbocycles. The van der Waals surface area contributed by atoms with E-state index in [-0.39, 0.29) is 6.61 Å². The summed E-state index contributed by atoms with van der Waals surface area (Å²) in [6, 6.07) is 1.99. The van der Waals surface area contributed by atoms with Gasteiger partial charge < -0.3 is 14.8 Å². The van der Waals surface area contributed by atoms with E-state index in [9.17, 15) is 4.79 Å². The zero-order valence-electron chi connectivity index (χ0n) is 20.2. The Balaban J connectivity index is 0.00000187. The third-order valence-electron chi connectivity index (χ3n) is 4.30. The number of rotatable bonds is 7. The second kappa shape index (κ2) is 11.8. The Labute approximate surface area is 209 Å². The number of halogens is 1. The molecule has 180 valence electrons. The summed E-state index contributed by atoms with van der Waals surface area (Å²) in [7, 11) is 1.82. The molecule has 0 saturated carbocycles. The Kier molecular flexibility index (Phi) is 9.66. The molecular formula is C22H32IN6O3P. The molecule has 3 rings (SSSR count). The van der Waals surface area contributed by atoms with E-state index in [1.165, 1.54) is 0 Å². The van der Waals surface area contributed by atoms with E-state index in [0.29, 0.717) is 18.8 Å². The lowest BCUT2D eigenvalue weighted by molar-refractivity contribution is 0.0519. The van der Waals surface area contributed by atoms with Crippen LogP contribution in [0, 0.1) is 6.92 Å². The highest BCUT2D eigenvalue weighted by Gasteiger charge is 2.20. The van der Waals surface area contributed by atoms with Crippen LogP contribution in [0.25, 0.3) is 28.2 Å². The van der Waals surface area contributed by atoms with Crippen molar-refractivity contribution in [3.05, 3.63) is 30.2 Å². The zero-order chi connectivity index (χ0) is 24.8. The zero-order valence-corrected chi connectivity index (χ0v) is 23.3. The van der Waals surface area contributed by atoms with Gasteiger partial charge in [0.15, 0.2) is 0 Å². The molecule has 0 aliphatic rings. The summed E-state index contributed by atoms with van der Waals surface area (Å²) in [5.74, 6) is 0.582. The van der Waals surface area contributed by atoms with Gasteiger partial charge >= 0.3 is 6.09 Å². The SMILES string of the molecule is C=Cc1nn(PI)c2cnc(-c3c(C)nn(C)c3OCCNC(=O)OC(C)(C)C)cc12.CC. The normalized spacial score (nSPS) is 11.4. The quantitative estimate of drug-likeness (QED) is 0.223. The number of nitrogens with zero attached hydrogens (tertiary/aromatic N) is 5. The average molecular weight is 586 g/mol. The maximum absolute atomic E-state index is 11.8. The maximum atomic E-state index is 11.8. The van der Waals surface area contributed by atoms with Crippen LogP contribution in [0.1, 0.15) is 46.0 Å². The Morgan fingerprint density at radius 3 is 2.64 bits per heavy atom. The van der Waals surface area contributed by atoms with Gasteiger partial charge in [-0.05, 0) is 61.9 Å². The minimum Gasteiger partial charge on any atom is -0.475 e. The van der Waals surface area contributed by atoms with Crippen LogP contribution in [0.3, 0.4) is 0 Å². The number of hydrogen-bond donors (Lipinski definition) is 1. The first-order chi connectivity index (χ1) is 15.6. The highest BCUT2D eigenvalue weighted by molar-refractivity contribution is 14.2. The van der Waals surface area contributed by atoms with Gasteiger partial charge in [-0.1, -0.05) is 20.4 Å². The molecule has 0 bridgehead atoms. The highest BCUT2D eigenvalue weighted by Crippen LogP contribution is 2.36. The molecule has 0 saturated heterocycles. The van der Waals surface area contributed by atoms with Crippen molar-refractivity contribution in [1.82, 2.24) is 29.6 Å². The number of pyridine rings is 1. The van der Waals surface area contributed by atoms with Gasteiger partial charge in [-0.3, -0.25) is 4.98 Å². The first kappa shape index (κ1) is 27.0. The number of amides is 1. The number of hydrogen-bond acceptors (Lipinski definition) is 6. The average Bonchev–Trinajstić information content (AvgIpc) is 3.26. The maximum Gasteiger partial charge on any atom is 0.407 e. The molecule has 0 aliphatic heterocycles. The Bertz CT molecular complexity index is 1120. The number of nitrogens with one attached hydrogen (secondary N) is 1. The molecule has 3 aromatic rings. The number of fused-ring (bicyclic) bond motifs is 1. The third-order valence-corrected chi connectivity index (χ3v) is 6.17.